The Morgan fingerprint density at radius 2 is 2.44 bits per heavy atom. The summed E-state index contributed by atoms with van der Waals surface area (Å²) in [7, 11) is 0. The molecule has 88 valence electrons. The van der Waals surface area contributed by atoms with E-state index >= 15 is 0 Å². The Balaban J connectivity index is 1.77. The van der Waals surface area contributed by atoms with Gasteiger partial charge < -0.3 is 15.7 Å². The molecule has 2 aliphatic rings. The molecule has 0 bridgehead atoms. The topological polar surface area (TPSA) is 62.1 Å². The highest BCUT2D eigenvalue weighted by molar-refractivity contribution is 5.40. The number of nitrogens with one attached hydrogen (secondary N) is 2. The molecule has 16 heavy (non-hydrogen) atoms. The Morgan fingerprint density at radius 3 is 3.06 bits per heavy atom. The molecule has 1 fully saturated rings. The number of aromatic nitrogens is 2. The number of fused-ring (bicyclic) bond motifs is 1. The van der Waals surface area contributed by atoms with Gasteiger partial charge in [-0.05, 0) is 19.3 Å². The molecule has 0 saturated heterocycles. The molecule has 5 nitrogen and oxygen atoms in total. The predicted octanol–water partition coefficient (Wildman–Crippen LogP) is 0.313. The van der Waals surface area contributed by atoms with E-state index in [9.17, 15) is 5.11 Å². The van der Waals surface area contributed by atoms with Crippen molar-refractivity contribution in [2.45, 2.75) is 37.9 Å². The highest BCUT2D eigenvalue weighted by Gasteiger charge is 2.36. The minimum atomic E-state index is -0.0993. The van der Waals surface area contributed by atoms with Gasteiger partial charge in [-0.3, -0.25) is 4.68 Å². The largest absolute Gasteiger partial charge is 0.394 e. The maximum Gasteiger partial charge on any atom is 0.148 e. The number of hydrogen-bond donors (Lipinski definition) is 3. The molecule has 0 spiro atoms. The molecule has 0 atom stereocenters. The van der Waals surface area contributed by atoms with Crippen molar-refractivity contribution in [2.24, 2.45) is 0 Å². The Morgan fingerprint density at radius 1 is 1.56 bits per heavy atom. The Labute approximate surface area is 94.8 Å². The summed E-state index contributed by atoms with van der Waals surface area (Å²) in [5, 5.41) is 20.6. The third-order valence-electron chi connectivity index (χ3n) is 3.68. The van der Waals surface area contributed by atoms with Gasteiger partial charge >= 0.3 is 0 Å². The van der Waals surface area contributed by atoms with Crippen molar-refractivity contribution >= 4 is 5.82 Å². The lowest BCUT2D eigenvalue weighted by Gasteiger charge is -2.41. The number of nitrogens with zero attached hydrogens (tertiary/aromatic N) is 2. The molecule has 1 aromatic heterocycles. The SMILES string of the molecule is OCC1(Nc2cc3n(n2)CCNC3)CCC1. The van der Waals surface area contributed by atoms with Gasteiger partial charge in [0.1, 0.15) is 5.82 Å². The molecule has 0 aromatic carbocycles. The molecule has 0 unspecified atom stereocenters. The van der Waals surface area contributed by atoms with Crippen LogP contribution in [-0.4, -0.2) is 33.6 Å². The summed E-state index contributed by atoms with van der Waals surface area (Å²) in [6, 6.07) is 2.09. The molecule has 5 heteroatoms. The molecule has 1 aromatic rings. The van der Waals surface area contributed by atoms with Gasteiger partial charge in [-0.25, -0.2) is 0 Å². The fourth-order valence-corrected chi connectivity index (χ4v) is 2.45. The number of anilines is 1. The van der Waals surface area contributed by atoms with E-state index in [1.165, 1.54) is 12.1 Å². The predicted molar refractivity (Wildman–Crippen MR) is 61.2 cm³/mol. The third kappa shape index (κ3) is 1.60. The first-order chi connectivity index (χ1) is 7.81. The standard InChI is InChI=1S/C11H18N4O/c16-8-11(2-1-3-11)13-10-6-9-7-12-4-5-15(9)14-10/h6,12,16H,1-5,7-8H2,(H,13,14). The van der Waals surface area contributed by atoms with E-state index in [0.29, 0.717) is 0 Å². The van der Waals surface area contributed by atoms with Gasteiger partial charge in [0.05, 0.1) is 24.4 Å². The lowest BCUT2D eigenvalue weighted by atomic mass is 9.77. The van der Waals surface area contributed by atoms with Gasteiger partial charge in [-0.2, -0.15) is 5.10 Å². The lowest BCUT2D eigenvalue weighted by molar-refractivity contribution is 0.143. The summed E-state index contributed by atoms with van der Waals surface area (Å²) in [5.74, 6) is 0.910. The third-order valence-corrected chi connectivity index (χ3v) is 3.68. The van der Waals surface area contributed by atoms with Crippen molar-refractivity contribution in [3.63, 3.8) is 0 Å². The van der Waals surface area contributed by atoms with Crippen LogP contribution < -0.4 is 10.6 Å². The fourth-order valence-electron chi connectivity index (χ4n) is 2.45. The highest BCUT2D eigenvalue weighted by atomic mass is 16.3. The van der Waals surface area contributed by atoms with Crippen LogP contribution in [0.4, 0.5) is 5.82 Å². The van der Waals surface area contributed by atoms with Crippen molar-refractivity contribution in [1.82, 2.24) is 15.1 Å². The van der Waals surface area contributed by atoms with Crippen molar-refractivity contribution in [2.75, 3.05) is 18.5 Å². The van der Waals surface area contributed by atoms with Crippen molar-refractivity contribution in [3.05, 3.63) is 11.8 Å². The van der Waals surface area contributed by atoms with Crippen LogP contribution in [0.3, 0.4) is 0 Å². The quantitative estimate of drug-likeness (QED) is 0.689. The second kappa shape index (κ2) is 3.75. The van der Waals surface area contributed by atoms with E-state index in [1.54, 1.807) is 0 Å². The van der Waals surface area contributed by atoms with E-state index in [1.807, 2.05) is 4.68 Å². The molecule has 3 rings (SSSR count). The first-order valence-electron chi connectivity index (χ1n) is 5.98. The second-order valence-electron chi connectivity index (χ2n) is 4.84. The van der Waals surface area contributed by atoms with Gasteiger partial charge in [-0.15, -0.1) is 0 Å². The highest BCUT2D eigenvalue weighted by Crippen LogP contribution is 2.34. The van der Waals surface area contributed by atoms with Gasteiger partial charge in [0.15, 0.2) is 0 Å². The summed E-state index contributed by atoms with van der Waals surface area (Å²) in [6.07, 6.45) is 3.29. The first kappa shape index (κ1) is 10.1. The van der Waals surface area contributed by atoms with Crippen LogP contribution in [0, 0.1) is 0 Å². The zero-order valence-corrected chi connectivity index (χ0v) is 9.37. The van der Waals surface area contributed by atoms with Crippen molar-refractivity contribution in [3.8, 4) is 0 Å². The first-order valence-corrected chi connectivity index (χ1v) is 5.98. The van der Waals surface area contributed by atoms with Crippen molar-refractivity contribution < 1.29 is 5.11 Å². The van der Waals surface area contributed by atoms with Crippen LogP contribution in [0.1, 0.15) is 25.0 Å². The summed E-state index contributed by atoms with van der Waals surface area (Å²) in [6.45, 7) is 3.01. The van der Waals surface area contributed by atoms with Crippen molar-refractivity contribution in [1.29, 1.82) is 0 Å². The molecule has 1 aliphatic heterocycles. The number of aliphatic hydroxyl groups is 1. The van der Waals surface area contributed by atoms with E-state index in [4.69, 9.17) is 0 Å². The van der Waals surface area contributed by atoms with Crippen LogP contribution in [0.15, 0.2) is 6.07 Å². The zero-order chi connectivity index (χ0) is 11.0. The molecule has 2 heterocycles. The number of hydrogen-bond acceptors (Lipinski definition) is 4. The second-order valence-corrected chi connectivity index (χ2v) is 4.84. The maximum absolute atomic E-state index is 9.39. The molecule has 1 saturated carbocycles. The number of rotatable bonds is 3. The summed E-state index contributed by atoms with van der Waals surface area (Å²) < 4.78 is 2.04. The normalized spacial score (nSPS) is 22.3. The molecule has 0 radical (unpaired) electrons. The summed E-state index contributed by atoms with van der Waals surface area (Å²) in [4.78, 5) is 0. The zero-order valence-electron chi connectivity index (χ0n) is 9.37. The van der Waals surface area contributed by atoms with Gasteiger partial charge in [0.25, 0.3) is 0 Å². The summed E-state index contributed by atoms with van der Waals surface area (Å²) >= 11 is 0. The van der Waals surface area contributed by atoms with Crippen LogP contribution >= 0.6 is 0 Å². The average molecular weight is 222 g/mol. The lowest BCUT2D eigenvalue weighted by Crippen LogP contribution is -2.48. The number of aliphatic hydroxyl groups excluding tert-OH is 1. The van der Waals surface area contributed by atoms with Crippen LogP contribution in [-0.2, 0) is 13.1 Å². The Bertz CT molecular complexity index is 354. The monoisotopic (exact) mass is 222 g/mol. The van der Waals surface area contributed by atoms with Crippen LogP contribution in [0.25, 0.3) is 0 Å². The minimum Gasteiger partial charge on any atom is -0.394 e. The van der Waals surface area contributed by atoms with E-state index in [-0.39, 0.29) is 12.1 Å². The van der Waals surface area contributed by atoms with Crippen LogP contribution in [0.2, 0.25) is 0 Å². The van der Waals surface area contributed by atoms with E-state index in [2.05, 4.69) is 21.8 Å². The smallest absolute Gasteiger partial charge is 0.148 e. The van der Waals surface area contributed by atoms with E-state index < -0.39 is 0 Å². The fraction of sp³-hybridized carbons (Fsp3) is 0.727. The Hall–Kier alpha value is -1.07. The average Bonchev–Trinajstić information content (AvgIpc) is 2.65. The maximum atomic E-state index is 9.39. The van der Waals surface area contributed by atoms with Gasteiger partial charge in [0.2, 0.25) is 0 Å². The molecule has 0 amide bonds. The molecular weight excluding hydrogens is 204 g/mol. The minimum absolute atomic E-state index is 0.0993. The van der Waals surface area contributed by atoms with E-state index in [0.717, 1.165) is 38.3 Å². The van der Waals surface area contributed by atoms with Crippen LogP contribution in [0.5, 0.6) is 0 Å². The Kier molecular flexibility index (Phi) is 2.37. The van der Waals surface area contributed by atoms with Gasteiger partial charge in [0, 0.05) is 19.2 Å². The molecule has 1 aliphatic carbocycles. The molecular formula is C11H18N4O. The summed E-state index contributed by atoms with van der Waals surface area (Å²) in [5.41, 5.74) is 1.12. The molecule has 3 N–H and O–H groups in total. The van der Waals surface area contributed by atoms with Gasteiger partial charge in [-0.1, -0.05) is 0 Å².